The van der Waals surface area contributed by atoms with Crippen molar-refractivity contribution in [3.63, 3.8) is 0 Å². The van der Waals surface area contributed by atoms with Gasteiger partial charge in [0, 0.05) is 52.8 Å². The van der Waals surface area contributed by atoms with Gasteiger partial charge in [0.2, 0.25) is 0 Å². The van der Waals surface area contributed by atoms with E-state index in [1.54, 1.807) is 34.2 Å². The minimum atomic E-state index is -0.574. The number of nitrogens with zero attached hydrogens (tertiary/aromatic N) is 4. The number of rotatable bonds is 7. The Kier molecular flexibility index (Phi) is 6.84. The lowest BCUT2D eigenvalue weighted by molar-refractivity contribution is 0.0674. The number of hydrogen-bond donors (Lipinski definition) is 1. The fraction of sp³-hybridized carbons (Fsp3) is 0.250. The lowest BCUT2D eigenvalue weighted by atomic mass is 10.1. The molecule has 1 fully saturated rings. The fourth-order valence-electron chi connectivity index (χ4n) is 4.65. The molecule has 5 aromatic rings. The average Bonchev–Trinajstić information content (AvgIpc) is 3.52. The lowest BCUT2D eigenvalue weighted by Crippen LogP contribution is -2.20. The summed E-state index contributed by atoms with van der Waals surface area (Å²) in [7, 11) is 0. The molecule has 0 spiro atoms. The Balaban J connectivity index is 1.27. The van der Waals surface area contributed by atoms with Crippen LogP contribution in [-0.4, -0.2) is 33.0 Å². The number of hydrogen-bond acceptors (Lipinski definition) is 8. The minimum Gasteiger partial charge on any atom is -0.488 e. The first-order valence-electron chi connectivity index (χ1n) is 12.5. The van der Waals surface area contributed by atoms with Crippen LogP contribution < -0.4 is 15.2 Å². The van der Waals surface area contributed by atoms with Crippen molar-refractivity contribution in [2.24, 2.45) is 0 Å². The van der Waals surface area contributed by atoms with Crippen LogP contribution in [0.5, 0.6) is 17.2 Å². The predicted octanol–water partition coefficient (Wildman–Crippen LogP) is 6.45. The Bertz CT molecular complexity index is 1650. The molecule has 6 rings (SSSR count). The maximum absolute atomic E-state index is 15.5. The summed E-state index contributed by atoms with van der Waals surface area (Å²) < 4.78 is 48.6. The summed E-state index contributed by atoms with van der Waals surface area (Å²) in [5.74, 6) is -0.185. The number of nitrogens with two attached hydrogens (primary N) is 1. The maximum atomic E-state index is 15.5. The zero-order valence-electron chi connectivity index (χ0n) is 21.1. The molecule has 39 heavy (non-hydrogen) atoms. The monoisotopic (exact) mass is 549 g/mol. The Morgan fingerprint density at radius 1 is 1.03 bits per heavy atom. The molecule has 0 amide bonds. The van der Waals surface area contributed by atoms with Gasteiger partial charge in [-0.1, -0.05) is 0 Å². The molecule has 11 heteroatoms. The summed E-state index contributed by atoms with van der Waals surface area (Å²) in [5, 5.41) is 5.21. The van der Waals surface area contributed by atoms with Crippen LogP contribution in [-0.2, 0) is 11.3 Å². The first kappa shape index (κ1) is 25.2. The van der Waals surface area contributed by atoms with Gasteiger partial charge in [0.25, 0.3) is 0 Å². The van der Waals surface area contributed by atoms with Crippen molar-refractivity contribution in [3.05, 3.63) is 76.2 Å². The summed E-state index contributed by atoms with van der Waals surface area (Å²) in [5.41, 5.74) is 7.32. The van der Waals surface area contributed by atoms with Crippen LogP contribution in [0.4, 0.5) is 14.6 Å². The molecule has 0 radical (unpaired) electrons. The Morgan fingerprint density at radius 3 is 2.62 bits per heavy atom. The van der Waals surface area contributed by atoms with E-state index in [9.17, 15) is 4.39 Å². The molecule has 2 N–H and O–H groups in total. The van der Waals surface area contributed by atoms with Gasteiger partial charge >= 0.3 is 0 Å². The molecule has 0 unspecified atom stereocenters. The van der Waals surface area contributed by atoms with E-state index in [2.05, 4.69) is 9.97 Å². The largest absolute Gasteiger partial charge is 0.488 e. The third-order valence-electron chi connectivity index (χ3n) is 6.51. The molecule has 8 nitrogen and oxygen atoms in total. The zero-order chi connectivity index (χ0) is 26.9. The number of anilines is 1. The molecule has 2 aromatic carbocycles. The van der Waals surface area contributed by atoms with Crippen molar-refractivity contribution in [3.8, 4) is 28.5 Å². The van der Waals surface area contributed by atoms with E-state index in [1.807, 2.05) is 19.1 Å². The fourth-order valence-corrected chi connectivity index (χ4v) is 5.46. The van der Waals surface area contributed by atoms with Gasteiger partial charge in [-0.15, -0.1) is 11.3 Å². The second-order valence-electron chi connectivity index (χ2n) is 9.26. The van der Waals surface area contributed by atoms with Gasteiger partial charge in [-0.25, -0.2) is 23.4 Å². The second-order valence-corrected chi connectivity index (χ2v) is 10.6. The predicted molar refractivity (Wildman–Crippen MR) is 144 cm³/mol. The lowest BCUT2D eigenvalue weighted by Gasteiger charge is -2.22. The van der Waals surface area contributed by atoms with Crippen molar-refractivity contribution in [1.29, 1.82) is 0 Å². The summed E-state index contributed by atoms with van der Waals surface area (Å²) in [6.45, 7) is 3.55. The van der Waals surface area contributed by atoms with Crippen molar-refractivity contribution in [1.82, 2.24) is 19.7 Å². The average molecular weight is 550 g/mol. The van der Waals surface area contributed by atoms with Gasteiger partial charge in [0.05, 0.1) is 11.4 Å². The number of benzene rings is 2. The topological polar surface area (TPSA) is 97.3 Å². The van der Waals surface area contributed by atoms with Gasteiger partial charge in [-0.2, -0.15) is 5.10 Å². The SMILES string of the molecule is Cc1ccc(COc2cc(F)cc(Oc3ccc(-c4nn(C5CCOCC5)c5ncnc(N)c45)c(F)c3)c2)s1. The van der Waals surface area contributed by atoms with Crippen LogP contribution in [0.15, 0.2) is 54.9 Å². The normalized spacial score (nSPS) is 14.1. The Labute approximate surface area is 227 Å². The van der Waals surface area contributed by atoms with E-state index in [0.29, 0.717) is 42.3 Å². The van der Waals surface area contributed by atoms with Crippen LogP contribution in [0.1, 0.15) is 28.6 Å². The molecular formula is C28H25F2N5O3S. The number of nitrogen functional groups attached to an aromatic ring is 1. The number of thiophene rings is 1. The molecule has 1 aliphatic rings. The van der Waals surface area contributed by atoms with Crippen LogP contribution in [0.3, 0.4) is 0 Å². The van der Waals surface area contributed by atoms with Gasteiger partial charge in [0.1, 0.15) is 53.3 Å². The van der Waals surface area contributed by atoms with Crippen molar-refractivity contribution < 1.29 is 23.0 Å². The highest BCUT2D eigenvalue weighted by molar-refractivity contribution is 7.11. The van der Waals surface area contributed by atoms with Crippen LogP contribution in [0, 0.1) is 18.6 Å². The first-order chi connectivity index (χ1) is 18.9. The molecular weight excluding hydrogens is 524 g/mol. The summed E-state index contributed by atoms with van der Waals surface area (Å²) in [6.07, 6.45) is 2.91. The standard InChI is InChI=1S/C28H25F2N5O3S/c1-16-2-4-22(39-16)14-37-20-10-17(29)11-21(12-20)38-19-3-5-23(24(30)13-19)26-25-27(31)32-15-33-28(25)35(34-26)18-6-8-36-9-7-18/h2-5,10-13,15,18H,6-9,14H2,1H3,(H2,31,32,33). The molecule has 3 aromatic heterocycles. The summed E-state index contributed by atoms with van der Waals surface area (Å²) in [6, 6.07) is 12.5. The van der Waals surface area contributed by atoms with E-state index in [1.165, 1.54) is 29.4 Å². The number of halogens is 2. The molecule has 0 saturated carbocycles. The van der Waals surface area contributed by atoms with Crippen molar-refractivity contribution in [2.75, 3.05) is 18.9 Å². The number of fused-ring (bicyclic) bond motifs is 1. The Morgan fingerprint density at radius 2 is 1.85 bits per heavy atom. The number of aryl methyl sites for hydroxylation is 1. The van der Waals surface area contributed by atoms with E-state index in [0.717, 1.165) is 17.7 Å². The van der Waals surface area contributed by atoms with Gasteiger partial charge < -0.3 is 19.9 Å². The van der Waals surface area contributed by atoms with Gasteiger partial charge in [-0.3, -0.25) is 0 Å². The smallest absolute Gasteiger partial charge is 0.164 e. The first-order valence-corrected chi connectivity index (χ1v) is 13.3. The zero-order valence-corrected chi connectivity index (χ0v) is 21.9. The quantitative estimate of drug-likeness (QED) is 0.249. The van der Waals surface area contributed by atoms with Crippen molar-refractivity contribution in [2.45, 2.75) is 32.4 Å². The van der Waals surface area contributed by atoms with Crippen molar-refractivity contribution >= 4 is 28.2 Å². The van der Waals surface area contributed by atoms with Crippen LogP contribution in [0.25, 0.3) is 22.3 Å². The summed E-state index contributed by atoms with van der Waals surface area (Å²) >= 11 is 1.61. The molecule has 1 aliphatic heterocycles. The molecule has 4 heterocycles. The molecule has 0 bridgehead atoms. The maximum Gasteiger partial charge on any atom is 0.164 e. The third kappa shape index (κ3) is 5.27. The van der Waals surface area contributed by atoms with E-state index >= 15 is 4.39 Å². The number of ether oxygens (including phenoxy) is 3. The molecule has 0 atom stereocenters. The highest BCUT2D eigenvalue weighted by Crippen LogP contribution is 2.37. The highest BCUT2D eigenvalue weighted by atomic mass is 32.1. The third-order valence-corrected chi connectivity index (χ3v) is 7.48. The van der Waals surface area contributed by atoms with E-state index < -0.39 is 11.6 Å². The van der Waals surface area contributed by atoms with Gasteiger partial charge in [-0.05, 0) is 44.0 Å². The Hall–Kier alpha value is -4.09. The molecule has 200 valence electrons. The van der Waals surface area contributed by atoms with E-state index in [4.69, 9.17) is 25.0 Å². The molecule has 0 aliphatic carbocycles. The minimum absolute atomic E-state index is 0.0585. The van der Waals surface area contributed by atoms with Crippen LogP contribution in [0.2, 0.25) is 0 Å². The number of aromatic nitrogens is 4. The second kappa shape index (κ2) is 10.6. The van der Waals surface area contributed by atoms with E-state index in [-0.39, 0.29) is 28.9 Å². The summed E-state index contributed by atoms with van der Waals surface area (Å²) in [4.78, 5) is 10.7. The molecule has 1 saturated heterocycles. The highest BCUT2D eigenvalue weighted by Gasteiger charge is 2.25. The van der Waals surface area contributed by atoms with Crippen LogP contribution >= 0.6 is 11.3 Å². The van der Waals surface area contributed by atoms with Gasteiger partial charge in [0.15, 0.2) is 5.65 Å².